The van der Waals surface area contributed by atoms with Crippen molar-refractivity contribution in [2.45, 2.75) is 24.7 Å². The zero-order valence-electron chi connectivity index (χ0n) is 25.0. The molecule has 0 unspecified atom stereocenters. The molecule has 1 spiro atoms. The van der Waals surface area contributed by atoms with Crippen LogP contribution in [0.3, 0.4) is 0 Å². The summed E-state index contributed by atoms with van der Waals surface area (Å²) in [5.41, 5.74) is 16.8. The zero-order chi connectivity index (χ0) is 29.9. The molecule has 0 radical (unpaired) electrons. The Balaban J connectivity index is 1.30. The lowest BCUT2D eigenvalue weighted by atomic mass is 9.64. The molecule has 214 valence electrons. The summed E-state index contributed by atoms with van der Waals surface area (Å²) in [6.45, 7) is 4.78. The lowest BCUT2D eigenvalue weighted by Gasteiger charge is -2.45. The maximum Gasteiger partial charge on any atom is 0.0771 e. The molecule has 3 aliphatic rings. The van der Waals surface area contributed by atoms with Crippen molar-refractivity contribution >= 4 is 39.7 Å². The van der Waals surface area contributed by atoms with E-state index in [0.717, 1.165) is 0 Å². The van der Waals surface area contributed by atoms with Crippen LogP contribution in [0.4, 0.5) is 17.1 Å². The molecule has 0 atom stereocenters. The Morgan fingerprint density at radius 3 is 1.82 bits per heavy atom. The van der Waals surface area contributed by atoms with Crippen molar-refractivity contribution in [1.82, 2.24) is 0 Å². The van der Waals surface area contributed by atoms with Crippen LogP contribution in [0.5, 0.6) is 0 Å². The fraction of sp³-hybridized carbons (Fsp3) is 0.0952. The lowest BCUT2D eigenvalue weighted by Crippen LogP contribution is -2.36. The van der Waals surface area contributed by atoms with Gasteiger partial charge in [-0.15, -0.1) is 22.7 Å². The molecule has 7 aromatic rings. The van der Waals surface area contributed by atoms with Crippen molar-refractivity contribution in [3.05, 3.63) is 172 Å². The standard InChI is InChI=1S/C42H29NS2/c1-41(2)31-13-7-6-12-29(31)30-24-36-38(25-35(30)41)43(28-18-16-27(17-19-28)26-10-4-3-5-11-26)37-15-9-8-14-32(37)42(36)33-20-22-44-39(33)40-34(42)21-23-45-40/h3-25H,1-2H3. The van der Waals surface area contributed by atoms with Crippen LogP contribution < -0.4 is 4.90 Å². The Bertz CT molecular complexity index is 2260. The smallest absolute Gasteiger partial charge is 0.0771 e. The summed E-state index contributed by atoms with van der Waals surface area (Å²) < 4.78 is 0. The Morgan fingerprint density at radius 2 is 1.09 bits per heavy atom. The molecular formula is C42H29NS2. The first-order chi connectivity index (χ1) is 22.1. The van der Waals surface area contributed by atoms with Gasteiger partial charge in [-0.25, -0.2) is 0 Å². The molecule has 5 aromatic carbocycles. The summed E-state index contributed by atoms with van der Waals surface area (Å²) in [5.74, 6) is 0. The van der Waals surface area contributed by atoms with Crippen molar-refractivity contribution in [1.29, 1.82) is 0 Å². The fourth-order valence-corrected chi connectivity index (χ4v) is 10.6. The molecule has 10 rings (SSSR count). The maximum absolute atomic E-state index is 2.56. The van der Waals surface area contributed by atoms with Crippen LogP contribution in [0.15, 0.2) is 138 Å². The van der Waals surface area contributed by atoms with Gasteiger partial charge in [0.1, 0.15) is 0 Å². The lowest BCUT2D eigenvalue weighted by molar-refractivity contribution is 0.658. The largest absolute Gasteiger partial charge is 0.310 e. The van der Waals surface area contributed by atoms with E-state index >= 15 is 0 Å². The number of hydrogen-bond donors (Lipinski definition) is 0. The number of fused-ring (bicyclic) bond motifs is 12. The third-order valence-corrected chi connectivity index (χ3v) is 12.5. The third kappa shape index (κ3) is 3.17. The molecule has 0 saturated heterocycles. The molecule has 1 aliphatic heterocycles. The van der Waals surface area contributed by atoms with E-state index in [9.17, 15) is 0 Å². The summed E-state index contributed by atoms with van der Waals surface area (Å²) in [4.78, 5) is 5.37. The van der Waals surface area contributed by atoms with Gasteiger partial charge in [-0.1, -0.05) is 98.8 Å². The van der Waals surface area contributed by atoms with Gasteiger partial charge in [0.05, 0.1) is 16.8 Å². The first-order valence-electron chi connectivity index (χ1n) is 15.6. The van der Waals surface area contributed by atoms with E-state index in [1.807, 2.05) is 22.7 Å². The van der Waals surface area contributed by atoms with Crippen LogP contribution in [0.1, 0.15) is 47.2 Å². The van der Waals surface area contributed by atoms with Crippen molar-refractivity contribution in [3.8, 4) is 32.0 Å². The Labute approximate surface area is 271 Å². The molecule has 0 amide bonds. The minimum atomic E-state index is -0.367. The monoisotopic (exact) mass is 611 g/mol. The highest BCUT2D eigenvalue weighted by atomic mass is 32.1. The molecule has 2 aromatic heterocycles. The Hall–Kier alpha value is -4.70. The van der Waals surface area contributed by atoms with Gasteiger partial charge in [0.25, 0.3) is 0 Å². The van der Waals surface area contributed by atoms with E-state index < -0.39 is 0 Å². The second-order valence-electron chi connectivity index (χ2n) is 12.9. The normalized spacial score (nSPS) is 15.6. The number of hydrogen-bond acceptors (Lipinski definition) is 3. The summed E-state index contributed by atoms with van der Waals surface area (Å²) in [6, 6.07) is 47.9. The second-order valence-corrected chi connectivity index (χ2v) is 14.8. The average Bonchev–Trinajstić information content (AvgIpc) is 3.85. The quantitative estimate of drug-likeness (QED) is 0.188. The highest BCUT2D eigenvalue weighted by molar-refractivity contribution is 7.21. The summed E-state index contributed by atoms with van der Waals surface area (Å²) >= 11 is 3.77. The Kier molecular flexibility index (Phi) is 5.09. The van der Waals surface area contributed by atoms with E-state index in [4.69, 9.17) is 0 Å². The van der Waals surface area contributed by atoms with Crippen molar-refractivity contribution in [2.75, 3.05) is 4.90 Å². The number of thiophene rings is 2. The fourth-order valence-electron chi connectivity index (χ4n) is 8.48. The highest BCUT2D eigenvalue weighted by Gasteiger charge is 2.54. The van der Waals surface area contributed by atoms with Crippen LogP contribution >= 0.6 is 22.7 Å². The summed E-state index contributed by atoms with van der Waals surface area (Å²) in [7, 11) is 0. The number of rotatable bonds is 2. The number of anilines is 3. The van der Waals surface area contributed by atoms with E-state index in [2.05, 4.69) is 157 Å². The van der Waals surface area contributed by atoms with E-state index in [-0.39, 0.29) is 10.8 Å². The van der Waals surface area contributed by atoms with E-state index in [1.165, 1.54) is 82.5 Å². The van der Waals surface area contributed by atoms with E-state index in [1.54, 1.807) is 0 Å². The number of para-hydroxylation sites is 1. The van der Waals surface area contributed by atoms with Gasteiger partial charge in [0.15, 0.2) is 0 Å². The van der Waals surface area contributed by atoms with Crippen LogP contribution in [0.2, 0.25) is 0 Å². The molecule has 1 nitrogen and oxygen atoms in total. The second kappa shape index (κ2) is 8.94. The molecule has 0 fully saturated rings. The molecule has 45 heavy (non-hydrogen) atoms. The maximum atomic E-state index is 2.56. The SMILES string of the molecule is CC1(C)c2ccccc2-c2cc3c(cc21)N(c1ccc(-c2ccccc2)cc1)c1ccccc1C31c2ccsc2-c2sccc21. The zero-order valence-corrected chi connectivity index (χ0v) is 26.7. The molecule has 0 saturated carbocycles. The molecule has 2 aliphatic carbocycles. The van der Waals surface area contributed by atoms with Gasteiger partial charge >= 0.3 is 0 Å². The van der Waals surface area contributed by atoms with Crippen molar-refractivity contribution in [3.63, 3.8) is 0 Å². The van der Waals surface area contributed by atoms with Gasteiger partial charge in [0.2, 0.25) is 0 Å². The van der Waals surface area contributed by atoms with Crippen molar-refractivity contribution < 1.29 is 0 Å². The van der Waals surface area contributed by atoms with Crippen LogP contribution in [0.25, 0.3) is 32.0 Å². The number of benzene rings is 5. The molecular weight excluding hydrogens is 583 g/mol. The number of nitrogens with zero attached hydrogens (tertiary/aromatic N) is 1. The van der Waals surface area contributed by atoms with Crippen LogP contribution in [0, 0.1) is 0 Å². The predicted molar refractivity (Wildman–Crippen MR) is 191 cm³/mol. The molecule has 3 heteroatoms. The predicted octanol–water partition coefficient (Wildman–Crippen LogP) is 11.9. The van der Waals surface area contributed by atoms with Gasteiger partial charge in [-0.05, 0) is 109 Å². The van der Waals surface area contributed by atoms with Gasteiger partial charge in [0, 0.05) is 20.9 Å². The third-order valence-electron chi connectivity index (χ3n) is 10.5. The van der Waals surface area contributed by atoms with Gasteiger partial charge in [-0.3, -0.25) is 0 Å². The van der Waals surface area contributed by atoms with Gasteiger partial charge < -0.3 is 4.90 Å². The Morgan fingerprint density at radius 1 is 0.467 bits per heavy atom. The summed E-state index contributed by atoms with van der Waals surface area (Å²) in [5, 5.41) is 4.58. The van der Waals surface area contributed by atoms with Crippen molar-refractivity contribution in [2.24, 2.45) is 0 Å². The first-order valence-corrected chi connectivity index (χ1v) is 17.3. The van der Waals surface area contributed by atoms with Crippen LogP contribution in [-0.4, -0.2) is 0 Å². The van der Waals surface area contributed by atoms with E-state index in [0.29, 0.717) is 0 Å². The minimum absolute atomic E-state index is 0.0926. The first kappa shape index (κ1) is 25.6. The highest BCUT2D eigenvalue weighted by Crippen LogP contribution is 2.67. The average molecular weight is 612 g/mol. The molecule has 0 N–H and O–H groups in total. The molecule has 0 bridgehead atoms. The topological polar surface area (TPSA) is 3.24 Å². The van der Waals surface area contributed by atoms with Crippen LogP contribution in [-0.2, 0) is 10.8 Å². The van der Waals surface area contributed by atoms with Gasteiger partial charge in [-0.2, -0.15) is 0 Å². The summed E-state index contributed by atoms with van der Waals surface area (Å²) in [6.07, 6.45) is 0. The minimum Gasteiger partial charge on any atom is -0.310 e. The molecule has 3 heterocycles.